The maximum Gasteiger partial charge on any atom is 0.298 e. The van der Waals surface area contributed by atoms with Crippen molar-refractivity contribution in [2.45, 2.75) is 4.90 Å². The maximum absolute atomic E-state index is 12.6. The molecule has 0 aliphatic heterocycles. The van der Waals surface area contributed by atoms with E-state index in [4.69, 9.17) is 0 Å². The molecule has 0 unspecified atom stereocenters. The normalized spacial score (nSPS) is 11.6. The van der Waals surface area contributed by atoms with E-state index in [0.29, 0.717) is 0 Å². The quantitative estimate of drug-likeness (QED) is 0.771. The summed E-state index contributed by atoms with van der Waals surface area (Å²) in [5.41, 5.74) is 0. The third-order valence-corrected chi connectivity index (χ3v) is 3.44. The molecule has 0 bridgehead atoms. The Bertz CT molecular complexity index is 416. The third-order valence-electron chi connectivity index (χ3n) is 1.32. The van der Waals surface area contributed by atoms with Crippen molar-refractivity contribution in [1.29, 1.82) is 0 Å². The van der Waals surface area contributed by atoms with E-state index in [1.54, 1.807) is 0 Å². The van der Waals surface area contributed by atoms with Crippen molar-refractivity contribution in [2.75, 3.05) is 0 Å². The minimum absolute atomic E-state index is 0.108. The lowest BCUT2D eigenvalue weighted by Crippen LogP contribution is -2.02. The summed E-state index contributed by atoms with van der Waals surface area (Å²) in [5, 5.41) is 0. The largest absolute Gasteiger partial charge is 0.298 e. The van der Waals surface area contributed by atoms with Gasteiger partial charge in [0.25, 0.3) is 10.1 Å². The topological polar surface area (TPSA) is 43.4 Å². The molecule has 0 fully saturated rings. The summed E-state index contributed by atoms with van der Waals surface area (Å²) in [6.45, 7) is 0. The maximum atomic E-state index is 12.6. The van der Waals surface area contributed by atoms with Crippen molar-refractivity contribution < 1.29 is 17.0 Å². The highest BCUT2D eigenvalue weighted by Gasteiger charge is 2.16. The first-order valence-electron chi connectivity index (χ1n) is 3.11. The number of halogens is 2. The molecule has 1 rings (SSSR count). The van der Waals surface area contributed by atoms with E-state index >= 15 is 0 Å². The molecule has 0 aliphatic carbocycles. The molecule has 0 aliphatic rings. The molecular formula is C7H5BrFO3S. The number of hydrogen-bond acceptors (Lipinski definition) is 3. The number of benzene rings is 1. The van der Waals surface area contributed by atoms with Crippen LogP contribution in [0.4, 0.5) is 4.39 Å². The molecule has 0 heterocycles. The zero-order chi connectivity index (χ0) is 10.1. The summed E-state index contributed by atoms with van der Waals surface area (Å²) in [7, 11) is -1.08. The zero-order valence-electron chi connectivity index (χ0n) is 6.33. The molecule has 0 aromatic heterocycles. The van der Waals surface area contributed by atoms with Gasteiger partial charge in [0.1, 0.15) is 10.7 Å². The summed E-state index contributed by atoms with van der Waals surface area (Å²) in [5.74, 6) is -0.533. The lowest BCUT2D eigenvalue weighted by atomic mass is 10.3. The fourth-order valence-electron chi connectivity index (χ4n) is 0.741. The molecule has 0 atom stereocenters. The van der Waals surface area contributed by atoms with Gasteiger partial charge in [-0.25, -0.2) is 4.39 Å². The lowest BCUT2D eigenvalue weighted by molar-refractivity contribution is 0.437. The predicted octanol–water partition coefficient (Wildman–Crippen LogP) is 2.09. The molecule has 0 saturated heterocycles. The molecule has 1 aromatic carbocycles. The van der Waals surface area contributed by atoms with Crippen LogP contribution in [0.5, 0.6) is 0 Å². The van der Waals surface area contributed by atoms with Gasteiger partial charge in [0.2, 0.25) is 0 Å². The Kier molecular flexibility index (Phi) is 3.05. The molecule has 0 saturated carbocycles. The van der Waals surface area contributed by atoms with Crippen molar-refractivity contribution in [3.05, 3.63) is 35.6 Å². The molecule has 0 N–H and O–H groups in total. The average molecular weight is 268 g/mol. The van der Waals surface area contributed by atoms with E-state index in [0.717, 1.165) is 18.2 Å². The Morgan fingerprint density at radius 2 is 2.08 bits per heavy atom. The van der Waals surface area contributed by atoms with E-state index in [2.05, 4.69) is 27.2 Å². The summed E-state index contributed by atoms with van der Waals surface area (Å²) in [6, 6.07) is 3.16. The van der Waals surface area contributed by atoms with Crippen LogP contribution in [0, 0.1) is 12.9 Å². The Morgan fingerprint density at radius 3 is 2.54 bits per heavy atom. The number of hydrogen-bond donors (Lipinski definition) is 0. The van der Waals surface area contributed by atoms with Crippen LogP contribution in [-0.2, 0) is 14.3 Å². The van der Waals surface area contributed by atoms with Crippen molar-refractivity contribution >= 4 is 26.0 Å². The van der Waals surface area contributed by atoms with Gasteiger partial charge in [-0.3, -0.25) is 4.18 Å². The van der Waals surface area contributed by atoms with Crippen molar-refractivity contribution in [1.82, 2.24) is 0 Å². The standard InChI is InChI=1S/C7H5BrFO3S/c1-12-13(10,11)7-3-2-5(9)4-6(7)8/h2-4H,1H2. The van der Waals surface area contributed by atoms with Gasteiger partial charge in [0, 0.05) is 4.47 Å². The van der Waals surface area contributed by atoms with Crippen LogP contribution in [-0.4, -0.2) is 8.42 Å². The molecule has 13 heavy (non-hydrogen) atoms. The van der Waals surface area contributed by atoms with Crippen LogP contribution in [0.1, 0.15) is 0 Å². The smallest absolute Gasteiger partial charge is 0.264 e. The Balaban J connectivity index is 3.33. The highest BCUT2D eigenvalue weighted by atomic mass is 79.9. The molecule has 71 valence electrons. The second kappa shape index (κ2) is 3.73. The SMILES string of the molecule is [CH2]OS(=O)(=O)c1ccc(F)cc1Br. The minimum atomic E-state index is -3.87. The molecule has 6 heteroatoms. The first-order valence-corrected chi connectivity index (χ1v) is 5.31. The van der Waals surface area contributed by atoms with Gasteiger partial charge >= 0.3 is 0 Å². The van der Waals surface area contributed by atoms with Crippen LogP contribution in [0.3, 0.4) is 0 Å². The van der Waals surface area contributed by atoms with Crippen LogP contribution >= 0.6 is 15.9 Å². The van der Waals surface area contributed by atoms with Gasteiger partial charge in [-0.15, -0.1) is 0 Å². The molecule has 0 spiro atoms. The first-order chi connectivity index (χ1) is 5.97. The lowest BCUT2D eigenvalue weighted by Gasteiger charge is -2.02. The Labute approximate surface area is 83.8 Å². The van der Waals surface area contributed by atoms with Gasteiger partial charge in [0.15, 0.2) is 0 Å². The van der Waals surface area contributed by atoms with E-state index in [1.807, 2.05) is 0 Å². The third kappa shape index (κ3) is 2.26. The van der Waals surface area contributed by atoms with Crippen molar-refractivity contribution in [3.63, 3.8) is 0 Å². The van der Waals surface area contributed by atoms with Gasteiger partial charge < -0.3 is 0 Å². The summed E-state index contributed by atoms with van der Waals surface area (Å²) < 4.78 is 38.9. The average Bonchev–Trinajstić information content (AvgIpc) is 2.03. The van der Waals surface area contributed by atoms with Crippen LogP contribution in [0.15, 0.2) is 27.6 Å². The molecular weight excluding hydrogens is 263 g/mol. The van der Waals surface area contributed by atoms with E-state index in [9.17, 15) is 12.8 Å². The second-order valence-electron chi connectivity index (χ2n) is 2.15. The summed E-state index contributed by atoms with van der Waals surface area (Å²) in [4.78, 5) is -0.149. The van der Waals surface area contributed by atoms with Crippen molar-refractivity contribution in [2.24, 2.45) is 0 Å². The van der Waals surface area contributed by atoms with Gasteiger partial charge in [-0.2, -0.15) is 8.42 Å². The highest BCUT2D eigenvalue weighted by molar-refractivity contribution is 9.10. The van der Waals surface area contributed by atoms with E-state index < -0.39 is 15.9 Å². The summed E-state index contributed by atoms with van der Waals surface area (Å²) >= 11 is 2.90. The second-order valence-corrected chi connectivity index (χ2v) is 4.58. The molecule has 1 aromatic rings. The fourth-order valence-corrected chi connectivity index (χ4v) is 2.35. The van der Waals surface area contributed by atoms with Gasteiger partial charge in [-0.05, 0) is 34.1 Å². The van der Waals surface area contributed by atoms with E-state index in [1.165, 1.54) is 0 Å². The predicted molar refractivity (Wildman–Crippen MR) is 47.7 cm³/mol. The van der Waals surface area contributed by atoms with Crippen molar-refractivity contribution in [3.8, 4) is 0 Å². The molecule has 1 radical (unpaired) electrons. The minimum Gasteiger partial charge on any atom is -0.264 e. The fraction of sp³-hybridized carbons (Fsp3) is 0. The highest BCUT2D eigenvalue weighted by Crippen LogP contribution is 2.23. The Morgan fingerprint density at radius 1 is 1.46 bits per heavy atom. The molecule has 3 nitrogen and oxygen atoms in total. The Hall–Kier alpha value is -0.460. The van der Waals surface area contributed by atoms with E-state index in [-0.39, 0.29) is 9.37 Å². The van der Waals surface area contributed by atoms with Gasteiger partial charge in [-0.1, -0.05) is 0 Å². The van der Waals surface area contributed by atoms with Gasteiger partial charge in [0.05, 0.1) is 7.11 Å². The summed E-state index contributed by atoms with van der Waals surface area (Å²) in [6.07, 6.45) is 0. The van der Waals surface area contributed by atoms with Crippen LogP contribution in [0.2, 0.25) is 0 Å². The first kappa shape index (κ1) is 10.6. The number of rotatable bonds is 2. The van der Waals surface area contributed by atoms with Crippen LogP contribution < -0.4 is 0 Å². The molecule has 0 amide bonds. The van der Waals surface area contributed by atoms with Crippen LogP contribution in [0.25, 0.3) is 0 Å². The monoisotopic (exact) mass is 267 g/mol. The zero-order valence-corrected chi connectivity index (χ0v) is 8.73.